The van der Waals surface area contributed by atoms with Gasteiger partial charge in [0.2, 0.25) is 5.91 Å². The van der Waals surface area contributed by atoms with Crippen molar-refractivity contribution in [3.05, 3.63) is 35.8 Å². The van der Waals surface area contributed by atoms with Crippen LogP contribution in [0.25, 0.3) is 0 Å². The number of fused-ring (bicyclic) bond motifs is 1. The highest BCUT2D eigenvalue weighted by Crippen LogP contribution is 2.30. The smallest absolute Gasteiger partial charge is 0.226 e. The third-order valence-corrected chi connectivity index (χ3v) is 3.23. The predicted molar refractivity (Wildman–Crippen MR) is 64.3 cm³/mol. The van der Waals surface area contributed by atoms with Crippen LogP contribution in [0.15, 0.2) is 35.8 Å². The largest absolute Gasteiger partial charge is 0.348 e. The summed E-state index contributed by atoms with van der Waals surface area (Å²) in [5.74, 6) is 0.201. The minimum absolute atomic E-state index is 0.201. The Morgan fingerprint density at radius 1 is 1.44 bits per heavy atom. The molecular formula is C13H18N2O. The van der Waals surface area contributed by atoms with Gasteiger partial charge in [-0.3, -0.25) is 4.79 Å². The second-order valence-corrected chi connectivity index (χ2v) is 4.27. The minimum atomic E-state index is 0.201. The highest BCUT2D eigenvalue weighted by atomic mass is 16.2. The van der Waals surface area contributed by atoms with Crippen LogP contribution in [-0.2, 0) is 4.79 Å². The summed E-state index contributed by atoms with van der Waals surface area (Å²) in [6.07, 6.45) is 6.71. The van der Waals surface area contributed by atoms with Crippen molar-refractivity contribution in [1.82, 2.24) is 9.80 Å². The standard InChI is InChI=1S/C13H18N2O/c1-4-15-9-11-6-5-7-13(16)14(3)12(11)8-10(15)2/h8-9H,2,4-7H2,1,3H3. The molecular weight excluding hydrogens is 200 g/mol. The van der Waals surface area contributed by atoms with Gasteiger partial charge in [0.05, 0.1) is 0 Å². The van der Waals surface area contributed by atoms with E-state index in [1.165, 1.54) is 5.57 Å². The van der Waals surface area contributed by atoms with Gasteiger partial charge in [-0.15, -0.1) is 0 Å². The van der Waals surface area contributed by atoms with Crippen molar-refractivity contribution in [2.24, 2.45) is 0 Å². The average Bonchev–Trinajstić information content (AvgIpc) is 2.40. The summed E-state index contributed by atoms with van der Waals surface area (Å²) in [5.41, 5.74) is 3.24. The van der Waals surface area contributed by atoms with Gasteiger partial charge in [0.1, 0.15) is 0 Å². The fourth-order valence-electron chi connectivity index (χ4n) is 2.20. The third-order valence-electron chi connectivity index (χ3n) is 3.23. The maximum Gasteiger partial charge on any atom is 0.226 e. The van der Waals surface area contributed by atoms with Crippen LogP contribution in [0.5, 0.6) is 0 Å². The van der Waals surface area contributed by atoms with Gasteiger partial charge in [-0.2, -0.15) is 0 Å². The molecule has 1 fully saturated rings. The van der Waals surface area contributed by atoms with Gasteiger partial charge < -0.3 is 9.80 Å². The molecule has 0 aliphatic carbocycles. The van der Waals surface area contributed by atoms with Gasteiger partial charge in [-0.25, -0.2) is 0 Å². The molecule has 16 heavy (non-hydrogen) atoms. The minimum Gasteiger partial charge on any atom is -0.348 e. The first-order chi connectivity index (χ1) is 7.63. The topological polar surface area (TPSA) is 23.6 Å². The fourth-order valence-corrected chi connectivity index (χ4v) is 2.20. The van der Waals surface area contributed by atoms with Crippen molar-refractivity contribution in [2.75, 3.05) is 13.6 Å². The summed E-state index contributed by atoms with van der Waals surface area (Å²) in [6.45, 7) is 7.04. The predicted octanol–water partition coefficient (Wildman–Crippen LogP) is 2.25. The van der Waals surface area contributed by atoms with E-state index in [2.05, 4.69) is 24.6 Å². The van der Waals surface area contributed by atoms with E-state index in [0.29, 0.717) is 6.42 Å². The van der Waals surface area contributed by atoms with Crippen molar-refractivity contribution < 1.29 is 4.79 Å². The van der Waals surface area contributed by atoms with Crippen LogP contribution >= 0.6 is 0 Å². The molecule has 1 amide bonds. The SMILES string of the molecule is C=C1C=C2C(=CN1CC)CCCC(=O)N2C. The average molecular weight is 218 g/mol. The van der Waals surface area contributed by atoms with E-state index in [1.807, 2.05) is 13.1 Å². The monoisotopic (exact) mass is 218 g/mol. The highest BCUT2D eigenvalue weighted by molar-refractivity contribution is 5.79. The number of hydrogen-bond donors (Lipinski definition) is 0. The Labute approximate surface area is 96.7 Å². The number of likely N-dealkylation sites (tertiary alicyclic amines) is 1. The van der Waals surface area contributed by atoms with E-state index in [0.717, 1.165) is 30.8 Å². The zero-order chi connectivity index (χ0) is 11.7. The molecule has 3 heteroatoms. The molecule has 3 nitrogen and oxygen atoms in total. The lowest BCUT2D eigenvalue weighted by molar-refractivity contribution is -0.127. The number of allylic oxidation sites excluding steroid dienone is 2. The molecule has 2 aliphatic rings. The normalized spacial score (nSPS) is 21.4. The first-order valence-corrected chi connectivity index (χ1v) is 5.78. The molecule has 1 saturated heterocycles. The van der Waals surface area contributed by atoms with Crippen molar-refractivity contribution in [2.45, 2.75) is 26.2 Å². The Morgan fingerprint density at radius 3 is 2.88 bits per heavy atom. The molecule has 0 atom stereocenters. The van der Waals surface area contributed by atoms with Crippen LogP contribution in [0.4, 0.5) is 0 Å². The number of likely N-dealkylation sites (N-methyl/N-ethyl adjacent to an activating group) is 2. The number of rotatable bonds is 1. The molecule has 2 heterocycles. The van der Waals surface area contributed by atoms with E-state index in [1.54, 1.807) is 4.90 Å². The second kappa shape index (κ2) is 4.16. The van der Waals surface area contributed by atoms with Gasteiger partial charge in [0.25, 0.3) is 0 Å². The molecule has 0 spiro atoms. The Morgan fingerprint density at radius 2 is 2.19 bits per heavy atom. The van der Waals surface area contributed by atoms with Gasteiger partial charge in [0.15, 0.2) is 0 Å². The lowest BCUT2D eigenvalue weighted by atomic mass is 10.0. The van der Waals surface area contributed by atoms with Gasteiger partial charge in [-0.05, 0) is 31.4 Å². The quantitative estimate of drug-likeness (QED) is 0.674. The maximum atomic E-state index is 11.7. The molecule has 0 aromatic carbocycles. The summed E-state index contributed by atoms with van der Waals surface area (Å²) in [4.78, 5) is 15.6. The number of carbonyl (C=O) groups is 1. The first-order valence-electron chi connectivity index (χ1n) is 5.78. The first kappa shape index (κ1) is 11.0. The maximum absolute atomic E-state index is 11.7. The van der Waals surface area contributed by atoms with E-state index >= 15 is 0 Å². The van der Waals surface area contributed by atoms with Crippen molar-refractivity contribution in [1.29, 1.82) is 0 Å². The summed E-state index contributed by atoms with van der Waals surface area (Å²) in [7, 11) is 1.85. The van der Waals surface area contributed by atoms with E-state index < -0.39 is 0 Å². The summed E-state index contributed by atoms with van der Waals surface area (Å²) < 4.78 is 0. The molecule has 0 aromatic rings. The lowest BCUT2D eigenvalue weighted by Gasteiger charge is -2.29. The molecule has 2 aliphatic heterocycles. The third kappa shape index (κ3) is 1.77. The number of carbonyl (C=O) groups excluding carboxylic acids is 1. The summed E-state index contributed by atoms with van der Waals surface area (Å²) >= 11 is 0. The molecule has 0 radical (unpaired) electrons. The Kier molecular flexibility index (Phi) is 2.86. The number of hydrogen-bond acceptors (Lipinski definition) is 2. The van der Waals surface area contributed by atoms with Crippen LogP contribution < -0.4 is 0 Å². The zero-order valence-corrected chi connectivity index (χ0v) is 9.99. The zero-order valence-electron chi connectivity index (χ0n) is 9.99. The van der Waals surface area contributed by atoms with Crippen molar-refractivity contribution >= 4 is 5.91 Å². The van der Waals surface area contributed by atoms with Crippen molar-refractivity contribution in [3.8, 4) is 0 Å². The van der Waals surface area contributed by atoms with Crippen molar-refractivity contribution in [3.63, 3.8) is 0 Å². The van der Waals surface area contributed by atoms with Crippen LogP contribution in [0.2, 0.25) is 0 Å². The van der Waals surface area contributed by atoms with E-state index in [-0.39, 0.29) is 5.91 Å². The Bertz CT molecular complexity index is 393. The van der Waals surface area contributed by atoms with Gasteiger partial charge >= 0.3 is 0 Å². The summed E-state index contributed by atoms with van der Waals surface area (Å²) in [6, 6.07) is 0. The summed E-state index contributed by atoms with van der Waals surface area (Å²) in [5, 5.41) is 0. The molecule has 0 unspecified atom stereocenters. The molecule has 0 aromatic heterocycles. The van der Waals surface area contributed by atoms with Crippen LogP contribution in [0.1, 0.15) is 26.2 Å². The van der Waals surface area contributed by atoms with Crippen LogP contribution in [-0.4, -0.2) is 29.3 Å². The Balaban J connectivity index is 2.37. The fraction of sp³-hybridized carbons (Fsp3) is 0.462. The molecule has 0 saturated carbocycles. The molecule has 0 bridgehead atoms. The molecule has 86 valence electrons. The van der Waals surface area contributed by atoms with E-state index in [4.69, 9.17) is 0 Å². The van der Waals surface area contributed by atoms with Crippen LogP contribution in [0, 0.1) is 0 Å². The van der Waals surface area contributed by atoms with E-state index in [9.17, 15) is 4.79 Å². The number of amides is 1. The van der Waals surface area contributed by atoms with Gasteiger partial charge in [-0.1, -0.05) is 6.58 Å². The highest BCUT2D eigenvalue weighted by Gasteiger charge is 2.24. The molecule has 0 N–H and O–H groups in total. The molecule has 2 rings (SSSR count). The lowest BCUT2D eigenvalue weighted by Crippen LogP contribution is -2.28. The van der Waals surface area contributed by atoms with Crippen LogP contribution in [0.3, 0.4) is 0 Å². The number of nitrogens with zero attached hydrogens (tertiary/aromatic N) is 2. The second-order valence-electron chi connectivity index (χ2n) is 4.27. The Hall–Kier alpha value is -1.51. The van der Waals surface area contributed by atoms with Gasteiger partial charge in [0, 0.05) is 37.6 Å².